The molecule has 1 atom stereocenters. The molecule has 1 unspecified atom stereocenters. The van der Waals surface area contributed by atoms with Crippen LogP contribution in [0, 0.1) is 0 Å². The molecule has 0 bridgehead atoms. The smallest absolute Gasteiger partial charge is 0.120 e. The van der Waals surface area contributed by atoms with Crippen molar-refractivity contribution in [2.45, 2.75) is 6.04 Å². The van der Waals surface area contributed by atoms with Gasteiger partial charge in [-0.1, -0.05) is 45.2 Å². The molecular formula is C14H12BrCl2NO. The van der Waals surface area contributed by atoms with Gasteiger partial charge in [0.2, 0.25) is 0 Å². The third-order valence-electron chi connectivity index (χ3n) is 2.79. The lowest BCUT2D eigenvalue weighted by Gasteiger charge is -2.16. The molecule has 2 nitrogen and oxygen atoms in total. The van der Waals surface area contributed by atoms with Crippen molar-refractivity contribution in [3.05, 3.63) is 62.0 Å². The van der Waals surface area contributed by atoms with E-state index in [-0.39, 0.29) is 6.04 Å². The van der Waals surface area contributed by atoms with E-state index in [0.717, 1.165) is 21.3 Å². The third kappa shape index (κ3) is 3.42. The SMILES string of the molecule is COc1ccc(C(N)c2cc(Cl)cc(Cl)c2)c(Br)c1. The monoisotopic (exact) mass is 359 g/mol. The molecule has 0 saturated carbocycles. The highest BCUT2D eigenvalue weighted by Gasteiger charge is 2.14. The average Bonchev–Trinajstić information content (AvgIpc) is 2.36. The Labute approximate surface area is 130 Å². The summed E-state index contributed by atoms with van der Waals surface area (Å²) in [5.41, 5.74) is 8.07. The van der Waals surface area contributed by atoms with Crippen LogP contribution >= 0.6 is 39.1 Å². The molecule has 0 fully saturated rings. The minimum Gasteiger partial charge on any atom is -0.497 e. The summed E-state index contributed by atoms with van der Waals surface area (Å²) in [6, 6.07) is 10.7. The fourth-order valence-corrected chi connectivity index (χ4v) is 2.97. The van der Waals surface area contributed by atoms with Crippen molar-refractivity contribution in [2.75, 3.05) is 7.11 Å². The Kier molecular flexibility index (Phi) is 4.74. The van der Waals surface area contributed by atoms with Crippen molar-refractivity contribution in [2.24, 2.45) is 5.73 Å². The van der Waals surface area contributed by atoms with Crippen LogP contribution in [0.4, 0.5) is 0 Å². The molecule has 0 saturated heterocycles. The molecule has 0 aliphatic rings. The molecule has 0 aromatic heterocycles. The largest absolute Gasteiger partial charge is 0.497 e. The van der Waals surface area contributed by atoms with Gasteiger partial charge in [-0.15, -0.1) is 0 Å². The van der Waals surface area contributed by atoms with Crippen LogP contribution < -0.4 is 10.5 Å². The van der Waals surface area contributed by atoms with Gasteiger partial charge in [0, 0.05) is 14.5 Å². The van der Waals surface area contributed by atoms with Crippen molar-refractivity contribution in [1.29, 1.82) is 0 Å². The predicted molar refractivity (Wildman–Crippen MR) is 83.2 cm³/mol. The molecule has 2 rings (SSSR count). The van der Waals surface area contributed by atoms with Crippen molar-refractivity contribution in [1.82, 2.24) is 0 Å². The van der Waals surface area contributed by atoms with Gasteiger partial charge in [0.25, 0.3) is 0 Å². The highest BCUT2D eigenvalue weighted by Crippen LogP contribution is 2.32. The summed E-state index contributed by atoms with van der Waals surface area (Å²) in [7, 11) is 1.62. The predicted octanol–water partition coefficient (Wildman–Crippen LogP) is 4.81. The minimum atomic E-state index is -0.309. The number of hydrogen-bond donors (Lipinski definition) is 1. The van der Waals surface area contributed by atoms with Gasteiger partial charge in [0.05, 0.1) is 13.2 Å². The van der Waals surface area contributed by atoms with Gasteiger partial charge < -0.3 is 10.5 Å². The van der Waals surface area contributed by atoms with Gasteiger partial charge in [-0.05, 0) is 41.5 Å². The molecule has 100 valence electrons. The van der Waals surface area contributed by atoms with Gasteiger partial charge in [0.15, 0.2) is 0 Å². The van der Waals surface area contributed by atoms with E-state index in [2.05, 4.69) is 15.9 Å². The van der Waals surface area contributed by atoms with Crippen LogP contribution in [0.2, 0.25) is 10.0 Å². The molecule has 0 radical (unpaired) electrons. The first-order valence-corrected chi connectivity index (χ1v) is 7.11. The van der Waals surface area contributed by atoms with Gasteiger partial charge in [-0.2, -0.15) is 0 Å². The first-order valence-electron chi connectivity index (χ1n) is 5.56. The molecule has 0 amide bonds. The van der Waals surface area contributed by atoms with E-state index < -0.39 is 0 Å². The van der Waals surface area contributed by atoms with Gasteiger partial charge in [0.1, 0.15) is 5.75 Å². The lowest BCUT2D eigenvalue weighted by molar-refractivity contribution is 0.414. The maximum Gasteiger partial charge on any atom is 0.120 e. The summed E-state index contributed by atoms with van der Waals surface area (Å²) in [5, 5.41) is 1.14. The Hall–Kier alpha value is -0.740. The van der Waals surface area contributed by atoms with Crippen molar-refractivity contribution < 1.29 is 4.74 Å². The summed E-state index contributed by atoms with van der Waals surface area (Å²) in [5.74, 6) is 0.770. The molecule has 5 heteroatoms. The Bertz CT molecular complexity index is 584. The second kappa shape index (κ2) is 6.14. The molecular weight excluding hydrogens is 349 g/mol. The van der Waals surface area contributed by atoms with Crippen LogP contribution in [0.25, 0.3) is 0 Å². The maximum atomic E-state index is 6.26. The molecule has 0 aliphatic heterocycles. The zero-order valence-corrected chi connectivity index (χ0v) is 13.3. The van der Waals surface area contributed by atoms with Crippen LogP contribution in [0.15, 0.2) is 40.9 Å². The number of ether oxygens (including phenoxy) is 1. The van der Waals surface area contributed by atoms with Crippen molar-refractivity contribution in [3.63, 3.8) is 0 Å². The first-order chi connectivity index (χ1) is 9.01. The van der Waals surface area contributed by atoms with E-state index in [1.165, 1.54) is 0 Å². The first kappa shape index (κ1) is 14.7. The summed E-state index contributed by atoms with van der Waals surface area (Å²) in [6.07, 6.45) is 0. The quantitative estimate of drug-likeness (QED) is 0.852. The van der Waals surface area contributed by atoms with Crippen LogP contribution in [0.5, 0.6) is 5.75 Å². The van der Waals surface area contributed by atoms with E-state index >= 15 is 0 Å². The average molecular weight is 361 g/mol. The van der Waals surface area contributed by atoms with E-state index in [4.69, 9.17) is 33.7 Å². The lowest BCUT2D eigenvalue weighted by atomic mass is 9.99. The summed E-state index contributed by atoms with van der Waals surface area (Å²) < 4.78 is 6.05. The molecule has 2 aromatic rings. The van der Waals surface area contributed by atoms with E-state index in [1.807, 2.05) is 30.3 Å². The van der Waals surface area contributed by atoms with Gasteiger partial charge >= 0.3 is 0 Å². The summed E-state index contributed by atoms with van der Waals surface area (Å²) >= 11 is 15.5. The van der Waals surface area contributed by atoms with Crippen LogP contribution in [0.1, 0.15) is 17.2 Å². The van der Waals surface area contributed by atoms with E-state index in [1.54, 1.807) is 13.2 Å². The van der Waals surface area contributed by atoms with Crippen molar-refractivity contribution in [3.8, 4) is 5.75 Å². The normalized spacial score (nSPS) is 12.3. The Balaban J connectivity index is 2.40. The number of hydrogen-bond acceptors (Lipinski definition) is 2. The highest BCUT2D eigenvalue weighted by atomic mass is 79.9. The molecule has 2 N–H and O–H groups in total. The fraction of sp³-hybridized carbons (Fsp3) is 0.143. The number of methoxy groups -OCH3 is 1. The van der Waals surface area contributed by atoms with Gasteiger partial charge in [-0.3, -0.25) is 0 Å². The zero-order chi connectivity index (χ0) is 14.0. The summed E-state index contributed by atoms with van der Waals surface area (Å²) in [4.78, 5) is 0. The van der Waals surface area contributed by atoms with Crippen LogP contribution in [-0.4, -0.2) is 7.11 Å². The van der Waals surface area contributed by atoms with Crippen molar-refractivity contribution >= 4 is 39.1 Å². The maximum absolute atomic E-state index is 6.26. The summed E-state index contributed by atoms with van der Waals surface area (Å²) in [6.45, 7) is 0. The Morgan fingerprint density at radius 3 is 2.26 bits per heavy atom. The standard InChI is InChI=1S/C14H12BrCl2NO/c1-19-11-2-3-12(13(15)7-11)14(18)8-4-9(16)6-10(17)5-8/h2-7,14H,18H2,1H3. The van der Waals surface area contributed by atoms with Crippen LogP contribution in [0.3, 0.4) is 0 Å². The molecule has 0 spiro atoms. The highest BCUT2D eigenvalue weighted by molar-refractivity contribution is 9.10. The molecule has 19 heavy (non-hydrogen) atoms. The second-order valence-corrected chi connectivity index (χ2v) is 5.80. The number of benzene rings is 2. The minimum absolute atomic E-state index is 0.309. The second-order valence-electron chi connectivity index (χ2n) is 4.07. The number of halogens is 3. The molecule has 2 aromatic carbocycles. The van der Waals surface area contributed by atoms with Crippen LogP contribution in [-0.2, 0) is 0 Å². The lowest BCUT2D eigenvalue weighted by Crippen LogP contribution is -2.12. The van der Waals surface area contributed by atoms with E-state index in [0.29, 0.717) is 10.0 Å². The molecule has 0 heterocycles. The Morgan fingerprint density at radius 2 is 1.74 bits per heavy atom. The van der Waals surface area contributed by atoms with Gasteiger partial charge in [-0.25, -0.2) is 0 Å². The zero-order valence-electron chi connectivity index (χ0n) is 10.2. The Morgan fingerprint density at radius 1 is 1.11 bits per heavy atom. The number of nitrogens with two attached hydrogens (primary N) is 1. The third-order valence-corrected chi connectivity index (χ3v) is 3.91. The topological polar surface area (TPSA) is 35.2 Å². The molecule has 0 aliphatic carbocycles. The van der Waals surface area contributed by atoms with E-state index in [9.17, 15) is 0 Å². The fourth-order valence-electron chi connectivity index (χ4n) is 1.82. The number of rotatable bonds is 3.